The van der Waals surface area contributed by atoms with E-state index in [1.807, 2.05) is 32.4 Å². The fourth-order valence-electron chi connectivity index (χ4n) is 5.17. The van der Waals surface area contributed by atoms with Gasteiger partial charge in [-0.2, -0.15) is 0 Å². The van der Waals surface area contributed by atoms with Crippen LogP contribution in [0.2, 0.25) is 0 Å². The minimum absolute atomic E-state index is 0.0314. The zero-order chi connectivity index (χ0) is 28.8. The molecule has 0 saturated carbocycles. The maximum absolute atomic E-state index is 14.1. The summed E-state index contributed by atoms with van der Waals surface area (Å²) in [5.74, 6) is -0.181. The van der Waals surface area contributed by atoms with E-state index in [9.17, 15) is 4.39 Å². The molecule has 0 fully saturated rings. The Morgan fingerprint density at radius 1 is 0.950 bits per heavy atom. The van der Waals surface area contributed by atoms with Crippen LogP contribution in [0.1, 0.15) is 55.5 Å². The number of aliphatic imine (C=N–C) groups is 1. The third kappa shape index (κ3) is 6.41. The molecule has 2 unspecified atom stereocenters. The SMILES string of the molecule is CCC.CCNc1ccc(C2=CC(NCC3=CNC4C(=C3)N=CN4C)=CN(C)C2c2ccc(F)c(C)c2)cc1C. The van der Waals surface area contributed by atoms with Crippen molar-refractivity contribution in [2.45, 2.75) is 53.2 Å². The van der Waals surface area contributed by atoms with E-state index in [0.717, 1.165) is 40.3 Å². The summed E-state index contributed by atoms with van der Waals surface area (Å²) in [6.07, 6.45) is 11.8. The normalized spacial score (nSPS) is 19.4. The van der Waals surface area contributed by atoms with Gasteiger partial charge < -0.3 is 25.8 Å². The average Bonchev–Trinajstić information content (AvgIpc) is 3.30. The van der Waals surface area contributed by atoms with Crippen LogP contribution >= 0.6 is 0 Å². The minimum Gasteiger partial charge on any atom is -0.385 e. The molecule has 2 aromatic rings. The third-order valence-corrected chi connectivity index (χ3v) is 7.11. The highest BCUT2D eigenvalue weighted by molar-refractivity contribution is 5.76. The highest BCUT2D eigenvalue weighted by atomic mass is 19.1. The maximum Gasteiger partial charge on any atom is 0.143 e. The Balaban J connectivity index is 0.00000118. The molecule has 7 heteroatoms. The van der Waals surface area contributed by atoms with Gasteiger partial charge in [0.25, 0.3) is 0 Å². The Labute approximate surface area is 239 Å². The first-order valence-electron chi connectivity index (χ1n) is 14.2. The van der Waals surface area contributed by atoms with E-state index in [1.165, 1.54) is 17.6 Å². The molecular formula is C33H43FN6. The summed E-state index contributed by atoms with van der Waals surface area (Å²) in [4.78, 5) is 8.76. The molecule has 6 nitrogen and oxygen atoms in total. The molecule has 212 valence electrons. The first kappa shape index (κ1) is 29.0. The van der Waals surface area contributed by atoms with Gasteiger partial charge in [0, 0.05) is 45.3 Å². The number of nitrogens with one attached hydrogen (secondary N) is 3. The van der Waals surface area contributed by atoms with Crippen LogP contribution in [0.5, 0.6) is 0 Å². The second-order valence-corrected chi connectivity index (χ2v) is 10.6. The molecular weight excluding hydrogens is 499 g/mol. The third-order valence-electron chi connectivity index (χ3n) is 7.11. The Bertz CT molecular complexity index is 1370. The van der Waals surface area contributed by atoms with Gasteiger partial charge in [0.1, 0.15) is 12.0 Å². The zero-order valence-electron chi connectivity index (χ0n) is 24.8. The Kier molecular flexibility index (Phi) is 9.35. The van der Waals surface area contributed by atoms with Crippen LogP contribution < -0.4 is 16.0 Å². The Hall–Kier alpha value is -4.00. The first-order valence-corrected chi connectivity index (χ1v) is 14.2. The van der Waals surface area contributed by atoms with E-state index in [1.54, 1.807) is 6.07 Å². The van der Waals surface area contributed by atoms with Crippen LogP contribution in [0, 0.1) is 19.7 Å². The van der Waals surface area contributed by atoms with Crippen LogP contribution in [0.15, 0.2) is 82.9 Å². The quantitative estimate of drug-likeness (QED) is 0.375. The molecule has 40 heavy (non-hydrogen) atoms. The van der Waals surface area contributed by atoms with Gasteiger partial charge in [-0.1, -0.05) is 38.5 Å². The topological polar surface area (TPSA) is 54.9 Å². The smallest absolute Gasteiger partial charge is 0.143 e. The van der Waals surface area contributed by atoms with Gasteiger partial charge in [-0.15, -0.1) is 0 Å². The average molecular weight is 543 g/mol. The monoisotopic (exact) mass is 542 g/mol. The Morgan fingerprint density at radius 3 is 2.42 bits per heavy atom. The predicted molar refractivity (Wildman–Crippen MR) is 166 cm³/mol. The molecule has 0 saturated heterocycles. The van der Waals surface area contributed by atoms with Gasteiger partial charge in [0.05, 0.1) is 23.8 Å². The zero-order valence-corrected chi connectivity index (χ0v) is 24.8. The molecule has 3 heterocycles. The van der Waals surface area contributed by atoms with Crippen LogP contribution in [0.3, 0.4) is 0 Å². The number of halogens is 1. The van der Waals surface area contributed by atoms with Gasteiger partial charge in [0.15, 0.2) is 0 Å². The van der Waals surface area contributed by atoms with Crippen molar-refractivity contribution in [2.75, 3.05) is 32.5 Å². The number of hydrogen-bond donors (Lipinski definition) is 3. The molecule has 2 aromatic carbocycles. The lowest BCUT2D eigenvalue weighted by molar-refractivity contribution is 0.393. The van der Waals surface area contributed by atoms with Crippen molar-refractivity contribution in [1.82, 2.24) is 20.4 Å². The fourth-order valence-corrected chi connectivity index (χ4v) is 5.17. The number of likely N-dealkylation sites (N-methyl/N-ethyl adjacent to an activating group) is 2. The van der Waals surface area contributed by atoms with Crippen molar-refractivity contribution in [2.24, 2.45) is 4.99 Å². The number of rotatable bonds is 7. The summed E-state index contributed by atoms with van der Waals surface area (Å²) < 4.78 is 14.1. The number of anilines is 1. The molecule has 2 atom stereocenters. The number of benzene rings is 2. The molecule has 0 aromatic heterocycles. The van der Waals surface area contributed by atoms with E-state index in [4.69, 9.17) is 0 Å². The van der Waals surface area contributed by atoms with Crippen molar-refractivity contribution in [3.8, 4) is 0 Å². The molecule has 3 aliphatic heterocycles. The highest BCUT2D eigenvalue weighted by Crippen LogP contribution is 2.39. The molecule has 0 spiro atoms. The largest absolute Gasteiger partial charge is 0.385 e. The van der Waals surface area contributed by atoms with Gasteiger partial charge in [-0.05, 0) is 84.5 Å². The van der Waals surface area contributed by atoms with Crippen molar-refractivity contribution < 1.29 is 4.39 Å². The molecule has 3 aliphatic rings. The molecule has 0 bridgehead atoms. The second kappa shape index (κ2) is 12.9. The van der Waals surface area contributed by atoms with E-state index in [0.29, 0.717) is 12.1 Å². The summed E-state index contributed by atoms with van der Waals surface area (Å²) in [6, 6.07) is 11.9. The lowest BCUT2D eigenvalue weighted by atomic mass is 9.88. The van der Waals surface area contributed by atoms with Crippen molar-refractivity contribution >= 4 is 17.6 Å². The number of dihydropyridines is 1. The van der Waals surface area contributed by atoms with E-state index >= 15 is 0 Å². The summed E-state index contributed by atoms with van der Waals surface area (Å²) in [6.45, 7) is 11.9. The molecule has 5 rings (SSSR count). The lowest BCUT2D eigenvalue weighted by Gasteiger charge is -2.35. The minimum atomic E-state index is -0.181. The van der Waals surface area contributed by atoms with Crippen LogP contribution in [0.4, 0.5) is 10.1 Å². The molecule has 0 aliphatic carbocycles. The number of fused-ring (bicyclic) bond motifs is 1. The van der Waals surface area contributed by atoms with E-state index in [2.05, 4.69) is 108 Å². The van der Waals surface area contributed by atoms with E-state index < -0.39 is 0 Å². The summed E-state index contributed by atoms with van der Waals surface area (Å²) in [5.41, 5.74) is 9.56. The van der Waals surface area contributed by atoms with Crippen molar-refractivity contribution in [1.29, 1.82) is 0 Å². The van der Waals surface area contributed by atoms with Crippen molar-refractivity contribution in [3.05, 3.63) is 106 Å². The lowest BCUT2D eigenvalue weighted by Crippen LogP contribution is -2.39. The summed E-state index contributed by atoms with van der Waals surface area (Å²) >= 11 is 0. The summed E-state index contributed by atoms with van der Waals surface area (Å²) in [5, 5.41) is 10.5. The van der Waals surface area contributed by atoms with E-state index in [-0.39, 0.29) is 18.0 Å². The summed E-state index contributed by atoms with van der Waals surface area (Å²) in [7, 11) is 4.09. The second-order valence-electron chi connectivity index (χ2n) is 10.6. The van der Waals surface area contributed by atoms with Gasteiger partial charge in [0.2, 0.25) is 0 Å². The van der Waals surface area contributed by atoms with Gasteiger partial charge in [-0.25, -0.2) is 9.38 Å². The van der Waals surface area contributed by atoms with Crippen LogP contribution in [-0.4, -0.2) is 49.5 Å². The number of hydrogen-bond acceptors (Lipinski definition) is 6. The maximum atomic E-state index is 14.1. The van der Waals surface area contributed by atoms with Crippen LogP contribution in [-0.2, 0) is 0 Å². The molecule has 0 amide bonds. The van der Waals surface area contributed by atoms with Crippen LogP contribution in [0.25, 0.3) is 5.57 Å². The first-order chi connectivity index (χ1) is 19.2. The number of allylic oxidation sites excluding steroid dienone is 1. The molecule has 0 radical (unpaired) electrons. The van der Waals surface area contributed by atoms with Crippen molar-refractivity contribution in [3.63, 3.8) is 0 Å². The molecule has 3 N–H and O–H groups in total. The van der Waals surface area contributed by atoms with Gasteiger partial charge in [-0.3, -0.25) is 0 Å². The standard InChI is InChI=1S/C30H35FN6.C3H8/c1-6-32-27-10-8-22(12-20(27)3)25-14-24(17-36(4)29(25)23-7-9-26(31)19(2)11-23)33-15-21-13-28-30(34-16-21)37(5)18-35-28;1-3-2/h7-14,16-18,29-30,32-34H,6,15H2,1-5H3;3H2,1-2H3. The highest BCUT2D eigenvalue weighted by Gasteiger charge is 2.27. The predicted octanol–water partition coefficient (Wildman–Crippen LogP) is 6.46. The fraction of sp³-hybridized carbons (Fsp3) is 0.364. The van der Waals surface area contributed by atoms with Gasteiger partial charge >= 0.3 is 0 Å². The number of nitrogens with zero attached hydrogens (tertiary/aromatic N) is 3. The Morgan fingerprint density at radius 2 is 1.73 bits per heavy atom. The number of aryl methyl sites for hydroxylation is 2.